The summed E-state index contributed by atoms with van der Waals surface area (Å²) in [5.41, 5.74) is 2.42. The maximum Gasteiger partial charge on any atom is 0.218 e. The molecule has 0 radical (unpaired) electrons. The lowest BCUT2D eigenvalue weighted by Crippen LogP contribution is -2.20. The Hall–Kier alpha value is -1.40. The highest BCUT2D eigenvalue weighted by Gasteiger charge is 2.05. The highest BCUT2D eigenvalue weighted by atomic mass is 16.5. The molecular formula is C9H16N4O2. The first-order chi connectivity index (χ1) is 7.26. The predicted octanol–water partition coefficient (Wildman–Crippen LogP) is 0.566. The second kappa shape index (κ2) is 6.15. The molecule has 0 spiro atoms. The van der Waals surface area contributed by atoms with Gasteiger partial charge in [-0.25, -0.2) is 15.8 Å². The minimum Gasteiger partial charge on any atom is -0.472 e. The fourth-order valence-corrected chi connectivity index (χ4v) is 1.01. The van der Waals surface area contributed by atoms with Crippen molar-refractivity contribution < 1.29 is 9.47 Å². The fourth-order valence-electron chi connectivity index (χ4n) is 1.01. The molecule has 0 aliphatic rings. The van der Waals surface area contributed by atoms with Gasteiger partial charge in [-0.1, -0.05) is 0 Å². The van der Waals surface area contributed by atoms with Gasteiger partial charge in [-0.15, -0.1) is 0 Å². The Balaban J connectivity index is 2.48. The molecule has 0 saturated carbocycles. The molecule has 0 amide bonds. The molecule has 15 heavy (non-hydrogen) atoms. The lowest BCUT2D eigenvalue weighted by molar-refractivity contribution is 0.0633. The Bertz CT molecular complexity index is 295. The van der Waals surface area contributed by atoms with Crippen LogP contribution in [0.4, 0.5) is 5.82 Å². The second-order valence-corrected chi connectivity index (χ2v) is 2.97. The maximum absolute atomic E-state index is 5.49. The van der Waals surface area contributed by atoms with E-state index in [4.69, 9.17) is 15.3 Å². The van der Waals surface area contributed by atoms with E-state index in [9.17, 15) is 0 Å². The van der Waals surface area contributed by atoms with Gasteiger partial charge >= 0.3 is 0 Å². The van der Waals surface area contributed by atoms with Crippen LogP contribution in [0.3, 0.4) is 0 Å². The Morgan fingerprint density at radius 3 is 3.00 bits per heavy atom. The third-order valence-electron chi connectivity index (χ3n) is 1.67. The molecule has 1 aromatic heterocycles. The molecule has 0 aromatic carbocycles. The van der Waals surface area contributed by atoms with Gasteiger partial charge in [0.25, 0.3) is 0 Å². The van der Waals surface area contributed by atoms with Crippen LogP contribution in [-0.2, 0) is 4.74 Å². The van der Waals surface area contributed by atoms with Crippen molar-refractivity contribution in [2.75, 3.05) is 18.6 Å². The standard InChI is InChI=1S/C9H16N4O2/c1-3-14-5-7(2)15-9-4-8(13-10)11-6-12-9/h4,6-7H,3,5,10H2,1-2H3,(H,11,12,13). The average molecular weight is 212 g/mol. The van der Waals surface area contributed by atoms with E-state index in [1.165, 1.54) is 6.33 Å². The van der Waals surface area contributed by atoms with Crippen LogP contribution in [0.25, 0.3) is 0 Å². The zero-order valence-corrected chi connectivity index (χ0v) is 8.93. The molecule has 6 nitrogen and oxygen atoms in total. The van der Waals surface area contributed by atoms with Crippen molar-refractivity contribution >= 4 is 5.82 Å². The Morgan fingerprint density at radius 1 is 1.53 bits per heavy atom. The number of nitrogens with two attached hydrogens (primary N) is 1. The Labute approximate surface area is 88.8 Å². The van der Waals surface area contributed by atoms with E-state index in [1.807, 2.05) is 13.8 Å². The molecule has 0 saturated heterocycles. The van der Waals surface area contributed by atoms with E-state index in [2.05, 4.69) is 15.4 Å². The zero-order chi connectivity index (χ0) is 11.1. The van der Waals surface area contributed by atoms with Gasteiger partial charge in [0.1, 0.15) is 18.2 Å². The van der Waals surface area contributed by atoms with Crippen LogP contribution in [0.2, 0.25) is 0 Å². The van der Waals surface area contributed by atoms with Gasteiger partial charge < -0.3 is 14.9 Å². The van der Waals surface area contributed by atoms with E-state index in [-0.39, 0.29) is 6.10 Å². The summed E-state index contributed by atoms with van der Waals surface area (Å²) in [6.45, 7) is 5.06. The zero-order valence-electron chi connectivity index (χ0n) is 8.93. The van der Waals surface area contributed by atoms with Crippen LogP contribution >= 0.6 is 0 Å². The van der Waals surface area contributed by atoms with Crippen molar-refractivity contribution in [2.24, 2.45) is 5.84 Å². The first kappa shape index (κ1) is 11.7. The van der Waals surface area contributed by atoms with Gasteiger partial charge in [-0.05, 0) is 13.8 Å². The van der Waals surface area contributed by atoms with Gasteiger partial charge in [0.05, 0.1) is 6.61 Å². The fraction of sp³-hybridized carbons (Fsp3) is 0.556. The summed E-state index contributed by atoms with van der Waals surface area (Å²) in [6, 6.07) is 1.63. The van der Waals surface area contributed by atoms with Gasteiger partial charge in [0, 0.05) is 12.7 Å². The van der Waals surface area contributed by atoms with E-state index in [0.29, 0.717) is 24.9 Å². The van der Waals surface area contributed by atoms with Crippen LogP contribution in [0.1, 0.15) is 13.8 Å². The molecule has 1 aromatic rings. The molecule has 0 bridgehead atoms. The number of ether oxygens (including phenoxy) is 2. The van der Waals surface area contributed by atoms with E-state index >= 15 is 0 Å². The number of anilines is 1. The van der Waals surface area contributed by atoms with E-state index in [0.717, 1.165) is 0 Å². The van der Waals surface area contributed by atoms with Crippen molar-refractivity contribution in [3.8, 4) is 5.88 Å². The van der Waals surface area contributed by atoms with Crippen LogP contribution in [0.15, 0.2) is 12.4 Å². The highest BCUT2D eigenvalue weighted by Crippen LogP contribution is 2.11. The minimum atomic E-state index is -0.0505. The molecule has 6 heteroatoms. The van der Waals surface area contributed by atoms with Crippen LogP contribution in [-0.4, -0.2) is 29.3 Å². The number of hydrogen-bond acceptors (Lipinski definition) is 6. The number of hydrogen-bond donors (Lipinski definition) is 2. The molecule has 84 valence electrons. The molecule has 1 rings (SSSR count). The summed E-state index contributed by atoms with van der Waals surface area (Å²) in [4.78, 5) is 7.82. The lowest BCUT2D eigenvalue weighted by atomic mass is 10.4. The third-order valence-corrected chi connectivity index (χ3v) is 1.67. The van der Waals surface area contributed by atoms with Gasteiger partial charge in [-0.3, -0.25) is 0 Å². The SMILES string of the molecule is CCOCC(C)Oc1cc(NN)ncn1. The molecule has 0 aliphatic heterocycles. The monoisotopic (exact) mass is 212 g/mol. The van der Waals surface area contributed by atoms with Gasteiger partial charge in [0.2, 0.25) is 5.88 Å². The van der Waals surface area contributed by atoms with Crippen molar-refractivity contribution in [2.45, 2.75) is 20.0 Å². The molecular weight excluding hydrogens is 196 g/mol. The number of nitrogens with one attached hydrogen (secondary N) is 1. The van der Waals surface area contributed by atoms with E-state index in [1.54, 1.807) is 6.07 Å². The van der Waals surface area contributed by atoms with Crippen molar-refractivity contribution in [1.29, 1.82) is 0 Å². The first-order valence-electron chi connectivity index (χ1n) is 4.79. The van der Waals surface area contributed by atoms with Gasteiger partial charge in [-0.2, -0.15) is 0 Å². The molecule has 1 atom stereocenters. The highest BCUT2D eigenvalue weighted by molar-refractivity contribution is 5.35. The molecule has 0 fully saturated rings. The number of hydrazine groups is 1. The van der Waals surface area contributed by atoms with Crippen LogP contribution in [0, 0.1) is 0 Å². The second-order valence-electron chi connectivity index (χ2n) is 2.97. The third kappa shape index (κ3) is 4.09. The largest absolute Gasteiger partial charge is 0.472 e. The topological polar surface area (TPSA) is 82.3 Å². The van der Waals surface area contributed by atoms with E-state index < -0.39 is 0 Å². The molecule has 1 unspecified atom stereocenters. The van der Waals surface area contributed by atoms with Gasteiger partial charge in [0.15, 0.2) is 0 Å². The maximum atomic E-state index is 5.49. The predicted molar refractivity (Wildman–Crippen MR) is 56.4 cm³/mol. The number of nitrogen functional groups attached to an aromatic ring is 1. The summed E-state index contributed by atoms with van der Waals surface area (Å²) in [5, 5.41) is 0. The van der Waals surface area contributed by atoms with Crippen LogP contribution < -0.4 is 16.0 Å². The van der Waals surface area contributed by atoms with Crippen molar-refractivity contribution in [3.05, 3.63) is 12.4 Å². The quantitative estimate of drug-likeness (QED) is 0.530. The summed E-state index contributed by atoms with van der Waals surface area (Å²) in [7, 11) is 0. The first-order valence-corrected chi connectivity index (χ1v) is 4.79. The summed E-state index contributed by atoms with van der Waals surface area (Å²) < 4.78 is 10.7. The molecule has 0 aliphatic carbocycles. The minimum absolute atomic E-state index is 0.0505. The Morgan fingerprint density at radius 2 is 2.33 bits per heavy atom. The molecule has 3 N–H and O–H groups in total. The van der Waals surface area contributed by atoms with Crippen LogP contribution in [0.5, 0.6) is 5.88 Å². The number of nitrogens with zero attached hydrogens (tertiary/aromatic N) is 2. The lowest BCUT2D eigenvalue weighted by Gasteiger charge is -2.13. The van der Waals surface area contributed by atoms with Crippen molar-refractivity contribution in [3.63, 3.8) is 0 Å². The normalized spacial score (nSPS) is 12.2. The number of aromatic nitrogens is 2. The summed E-state index contributed by atoms with van der Waals surface area (Å²) >= 11 is 0. The smallest absolute Gasteiger partial charge is 0.218 e. The van der Waals surface area contributed by atoms with Crippen molar-refractivity contribution in [1.82, 2.24) is 9.97 Å². The summed E-state index contributed by atoms with van der Waals surface area (Å²) in [6.07, 6.45) is 1.34. The summed E-state index contributed by atoms with van der Waals surface area (Å²) in [5.74, 6) is 6.20. The molecule has 1 heterocycles. The Kier molecular flexibility index (Phi) is 4.79. The average Bonchev–Trinajstić information content (AvgIpc) is 2.26. The number of rotatable bonds is 6.